The molecular formula is C11H9ClF2O4S. The van der Waals surface area contributed by atoms with Crippen molar-refractivity contribution in [2.24, 2.45) is 0 Å². The van der Waals surface area contributed by atoms with Gasteiger partial charge in [-0.25, -0.2) is 22.0 Å². The summed E-state index contributed by atoms with van der Waals surface area (Å²) in [4.78, 5) is 9.71. The van der Waals surface area contributed by atoms with Crippen molar-refractivity contribution >= 4 is 27.4 Å². The molecule has 0 aliphatic rings. The van der Waals surface area contributed by atoms with Gasteiger partial charge in [0.25, 0.3) is 0 Å². The molecule has 4 nitrogen and oxygen atoms in total. The molecule has 0 atom stereocenters. The number of carbonyl (C=O) groups is 1. The van der Waals surface area contributed by atoms with E-state index >= 15 is 0 Å². The second-order valence-corrected chi connectivity index (χ2v) is 5.97. The first-order chi connectivity index (χ1) is 8.69. The van der Waals surface area contributed by atoms with Gasteiger partial charge in [-0.1, -0.05) is 11.6 Å². The number of rotatable bonds is 4. The molecule has 0 bridgehead atoms. The van der Waals surface area contributed by atoms with Crippen LogP contribution in [0.5, 0.6) is 0 Å². The number of carboxylic acids is 1. The molecule has 0 saturated heterocycles. The first kappa shape index (κ1) is 15.6. The third kappa shape index (κ3) is 3.51. The Balaban J connectivity index is 3.45. The smallest absolute Gasteiger partial charge is 0.335 e. The summed E-state index contributed by atoms with van der Waals surface area (Å²) >= 11 is 5.31. The van der Waals surface area contributed by atoms with Crippen LogP contribution in [-0.4, -0.2) is 25.2 Å². The molecular weight excluding hydrogens is 302 g/mol. The molecule has 1 aromatic carbocycles. The number of carboxylic acid groups (broad SMARTS) is 1. The maximum Gasteiger partial charge on any atom is 0.335 e. The molecule has 0 spiro atoms. The molecule has 0 aromatic heterocycles. The highest BCUT2D eigenvalue weighted by Crippen LogP contribution is 2.22. The van der Waals surface area contributed by atoms with Crippen LogP contribution in [0, 0.1) is 11.6 Å². The Morgan fingerprint density at radius 1 is 1.42 bits per heavy atom. The highest BCUT2D eigenvalue weighted by molar-refractivity contribution is 7.91. The fourth-order valence-electron chi connectivity index (χ4n) is 1.32. The minimum Gasteiger partial charge on any atom is -0.478 e. The van der Waals surface area contributed by atoms with Gasteiger partial charge in [0.15, 0.2) is 21.5 Å². The van der Waals surface area contributed by atoms with E-state index in [0.717, 1.165) is 5.54 Å². The summed E-state index contributed by atoms with van der Waals surface area (Å²) in [6, 6.07) is 0.999. The maximum absolute atomic E-state index is 13.5. The van der Waals surface area contributed by atoms with Crippen molar-refractivity contribution in [3.8, 4) is 0 Å². The number of halogens is 3. The summed E-state index contributed by atoms with van der Waals surface area (Å²) < 4.78 is 50.4. The molecule has 1 aromatic rings. The number of aromatic carboxylic acids is 1. The lowest BCUT2D eigenvalue weighted by Crippen LogP contribution is -2.12. The number of sulfone groups is 1. The van der Waals surface area contributed by atoms with Crippen molar-refractivity contribution in [1.29, 1.82) is 0 Å². The van der Waals surface area contributed by atoms with E-state index in [9.17, 15) is 22.0 Å². The van der Waals surface area contributed by atoms with Crippen molar-refractivity contribution in [2.45, 2.75) is 11.8 Å². The van der Waals surface area contributed by atoms with E-state index < -0.39 is 43.7 Å². The molecule has 19 heavy (non-hydrogen) atoms. The Morgan fingerprint density at radius 2 is 2.00 bits per heavy atom. The van der Waals surface area contributed by atoms with Crippen LogP contribution in [0.4, 0.5) is 8.78 Å². The zero-order valence-corrected chi connectivity index (χ0v) is 11.2. The van der Waals surface area contributed by atoms with Gasteiger partial charge in [-0.15, -0.1) is 0 Å². The van der Waals surface area contributed by atoms with Gasteiger partial charge in [0.05, 0.1) is 11.3 Å². The predicted molar refractivity (Wildman–Crippen MR) is 65.0 cm³/mol. The van der Waals surface area contributed by atoms with E-state index in [1.807, 2.05) is 0 Å². The second-order valence-electron chi connectivity index (χ2n) is 3.79. The van der Waals surface area contributed by atoms with E-state index in [4.69, 9.17) is 16.7 Å². The van der Waals surface area contributed by atoms with Gasteiger partial charge in [-0.2, -0.15) is 0 Å². The van der Waals surface area contributed by atoms with Gasteiger partial charge in [-0.3, -0.25) is 0 Å². The van der Waals surface area contributed by atoms with E-state index in [0.29, 0.717) is 12.1 Å². The molecule has 104 valence electrons. The average molecular weight is 311 g/mol. The van der Waals surface area contributed by atoms with Crippen LogP contribution in [0.1, 0.15) is 17.3 Å². The maximum atomic E-state index is 13.5. The Kier molecular flexibility index (Phi) is 4.65. The van der Waals surface area contributed by atoms with Gasteiger partial charge in [0.1, 0.15) is 4.90 Å². The van der Waals surface area contributed by atoms with Crippen LogP contribution in [-0.2, 0) is 9.84 Å². The highest BCUT2D eigenvalue weighted by atomic mass is 35.5. The van der Waals surface area contributed by atoms with Gasteiger partial charge in [-0.05, 0) is 24.6 Å². The van der Waals surface area contributed by atoms with Crippen LogP contribution in [0.25, 0.3) is 0 Å². The summed E-state index contributed by atoms with van der Waals surface area (Å²) in [6.45, 7) is 1.39. The number of benzene rings is 1. The van der Waals surface area contributed by atoms with Crippen LogP contribution >= 0.6 is 11.6 Å². The zero-order chi connectivity index (χ0) is 14.8. The number of hydrogen-bond donors (Lipinski definition) is 1. The Hall–Kier alpha value is -1.47. The lowest BCUT2D eigenvalue weighted by Gasteiger charge is -2.07. The minimum atomic E-state index is -4.21. The molecule has 0 radical (unpaired) electrons. The van der Waals surface area contributed by atoms with Gasteiger partial charge < -0.3 is 5.11 Å². The molecule has 0 aliphatic carbocycles. The summed E-state index contributed by atoms with van der Waals surface area (Å²) in [6.07, 6.45) is 0. The fourth-order valence-corrected chi connectivity index (χ4v) is 3.01. The summed E-state index contributed by atoms with van der Waals surface area (Å²) in [5, 5.41) is 8.70. The van der Waals surface area contributed by atoms with E-state index in [1.54, 1.807) is 0 Å². The molecule has 1 N–H and O–H groups in total. The molecule has 0 saturated carbocycles. The molecule has 0 amide bonds. The van der Waals surface area contributed by atoms with E-state index in [1.165, 1.54) is 6.92 Å². The summed E-state index contributed by atoms with van der Waals surface area (Å²) in [5.41, 5.74) is 0.555. The molecule has 0 heterocycles. The van der Waals surface area contributed by atoms with Crippen LogP contribution in [0.15, 0.2) is 28.1 Å². The average Bonchev–Trinajstić information content (AvgIpc) is 2.31. The Morgan fingerprint density at radius 3 is 2.47 bits per heavy atom. The molecule has 0 fully saturated rings. The van der Waals surface area contributed by atoms with Crippen LogP contribution in [0.3, 0.4) is 0 Å². The largest absolute Gasteiger partial charge is 0.478 e. The van der Waals surface area contributed by atoms with Crippen molar-refractivity contribution in [2.75, 3.05) is 5.75 Å². The van der Waals surface area contributed by atoms with Crippen molar-refractivity contribution in [3.05, 3.63) is 40.4 Å². The standard InChI is InChI=1S/C11H9ClF2O4S/c1-6(4-12)5-19(17,18)9-3-7(11(15)16)2-8(13)10(9)14/h2-4H,5H2,1H3,(H,15,16)/b6-4-. The lowest BCUT2D eigenvalue weighted by molar-refractivity contribution is 0.0696. The first-order valence-corrected chi connectivity index (χ1v) is 6.99. The predicted octanol–water partition coefficient (Wildman–Crippen LogP) is 2.58. The van der Waals surface area contributed by atoms with Crippen LogP contribution < -0.4 is 0 Å². The summed E-state index contributed by atoms with van der Waals surface area (Å²) in [5.74, 6) is -5.33. The fraction of sp³-hybridized carbons (Fsp3) is 0.182. The first-order valence-electron chi connectivity index (χ1n) is 4.90. The SMILES string of the molecule is C/C(=C/Cl)CS(=O)(=O)c1cc(C(=O)O)cc(F)c1F. The summed E-state index contributed by atoms with van der Waals surface area (Å²) in [7, 11) is -4.21. The normalized spacial score (nSPS) is 12.5. The number of hydrogen-bond acceptors (Lipinski definition) is 3. The van der Waals surface area contributed by atoms with E-state index in [2.05, 4.69) is 0 Å². The van der Waals surface area contributed by atoms with Crippen molar-refractivity contribution in [1.82, 2.24) is 0 Å². The minimum absolute atomic E-state index is 0.210. The van der Waals surface area contributed by atoms with Crippen molar-refractivity contribution < 1.29 is 27.1 Å². The lowest BCUT2D eigenvalue weighted by atomic mass is 10.2. The molecule has 0 unspecified atom stereocenters. The highest BCUT2D eigenvalue weighted by Gasteiger charge is 2.24. The van der Waals surface area contributed by atoms with E-state index in [-0.39, 0.29) is 5.57 Å². The quantitative estimate of drug-likeness (QED) is 0.928. The molecule has 8 heteroatoms. The third-order valence-corrected chi connectivity index (χ3v) is 4.36. The monoisotopic (exact) mass is 310 g/mol. The zero-order valence-electron chi connectivity index (χ0n) is 9.65. The van der Waals surface area contributed by atoms with Gasteiger partial charge in [0.2, 0.25) is 0 Å². The molecule has 0 aliphatic heterocycles. The molecule has 1 rings (SSSR count). The topological polar surface area (TPSA) is 71.4 Å². The third-order valence-electron chi connectivity index (χ3n) is 2.18. The second kappa shape index (κ2) is 5.66. The van der Waals surface area contributed by atoms with Gasteiger partial charge in [0, 0.05) is 5.54 Å². The van der Waals surface area contributed by atoms with Crippen LogP contribution in [0.2, 0.25) is 0 Å². The Bertz CT molecular complexity index is 653. The van der Waals surface area contributed by atoms with Gasteiger partial charge >= 0.3 is 5.97 Å². The Labute approximate surface area is 113 Å². The van der Waals surface area contributed by atoms with Crippen molar-refractivity contribution in [3.63, 3.8) is 0 Å².